The fourth-order valence-corrected chi connectivity index (χ4v) is 1.79. The average molecular weight is 330 g/mol. The number of carbonyl (C=O) groups is 2. The van der Waals surface area contributed by atoms with Gasteiger partial charge in [0.05, 0.1) is 5.56 Å². The van der Waals surface area contributed by atoms with Gasteiger partial charge in [-0.05, 0) is 31.8 Å². The zero-order valence-corrected chi connectivity index (χ0v) is 13.8. The predicted molar refractivity (Wildman–Crippen MR) is 93.1 cm³/mol. The van der Waals surface area contributed by atoms with Gasteiger partial charge in [0, 0.05) is 5.69 Å². The predicted octanol–water partition coefficient (Wildman–Crippen LogP) is 2.38. The van der Waals surface area contributed by atoms with E-state index in [0.717, 1.165) is 5.56 Å². The zero-order valence-electron chi connectivity index (χ0n) is 13.8. The molecule has 128 valence electrons. The summed E-state index contributed by atoms with van der Waals surface area (Å²) in [4.78, 5) is 22.7. The first-order valence-corrected chi connectivity index (χ1v) is 7.42. The van der Waals surface area contributed by atoms with Crippen LogP contribution in [0.2, 0.25) is 0 Å². The average Bonchev–Trinajstić information content (AvgIpc) is 2.59. The minimum Gasteiger partial charge on any atom is -0.480 e. The largest absolute Gasteiger partial charge is 0.480 e. The number of aliphatic carboxylic acids is 1. The number of nitrogens with one attached hydrogen (secondary N) is 2. The van der Waals surface area contributed by atoms with Crippen LogP contribution in [0.15, 0.2) is 54.6 Å². The van der Waals surface area contributed by atoms with E-state index in [4.69, 9.17) is 9.84 Å². The molecule has 0 aliphatic carbocycles. The third-order valence-electron chi connectivity index (χ3n) is 2.79. The van der Waals surface area contributed by atoms with Crippen molar-refractivity contribution in [1.82, 2.24) is 5.32 Å². The fraction of sp³-hybridized carbons (Fsp3) is 0.222. The summed E-state index contributed by atoms with van der Waals surface area (Å²) >= 11 is 0. The molecule has 24 heavy (non-hydrogen) atoms. The molecule has 0 aromatic heterocycles. The maximum absolute atomic E-state index is 12.1. The molecule has 0 amide bonds. The maximum Gasteiger partial charge on any atom is 0.340 e. The van der Waals surface area contributed by atoms with Gasteiger partial charge >= 0.3 is 11.9 Å². The van der Waals surface area contributed by atoms with Crippen LogP contribution in [0.1, 0.15) is 15.9 Å². The van der Waals surface area contributed by atoms with E-state index < -0.39 is 11.9 Å². The SMILES string of the molecule is CNC.O=C(O)CNc1ccccc1C(=O)OCc1ccccc1. The Morgan fingerprint density at radius 2 is 1.58 bits per heavy atom. The summed E-state index contributed by atoms with van der Waals surface area (Å²) in [6.45, 7) is -0.0874. The molecule has 0 spiro atoms. The van der Waals surface area contributed by atoms with Crippen LogP contribution in [0.3, 0.4) is 0 Å². The minimum absolute atomic E-state index is 0.174. The van der Waals surface area contributed by atoms with Gasteiger partial charge in [-0.3, -0.25) is 4.79 Å². The number of hydrogen-bond donors (Lipinski definition) is 3. The van der Waals surface area contributed by atoms with Crippen LogP contribution in [0.5, 0.6) is 0 Å². The number of carbonyl (C=O) groups excluding carboxylic acids is 1. The molecule has 0 radical (unpaired) electrons. The van der Waals surface area contributed by atoms with Gasteiger partial charge in [0.2, 0.25) is 0 Å². The van der Waals surface area contributed by atoms with Gasteiger partial charge in [-0.15, -0.1) is 0 Å². The Kier molecular flexibility index (Phi) is 8.63. The molecule has 3 N–H and O–H groups in total. The normalized spacial score (nSPS) is 9.42. The first-order valence-electron chi connectivity index (χ1n) is 7.42. The van der Waals surface area contributed by atoms with Crippen LogP contribution in [-0.4, -0.2) is 37.7 Å². The zero-order chi connectivity index (χ0) is 17.8. The van der Waals surface area contributed by atoms with E-state index in [1.165, 1.54) is 0 Å². The first-order chi connectivity index (χ1) is 11.6. The third kappa shape index (κ3) is 6.93. The van der Waals surface area contributed by atoms with E-state index >= 15 is 0 Å². The van der Waals surface area contributed by atoms with Crippen LogP contribution >= 0.6 is 0 Å². The number of anilines is 1. The van der Waals surface area contributed by atoms with Crippen molar-refractivity contribution in [2.75, 3.05) is 26.0 Å². The minimum atomic E-state index is -0.998. The second-order valence-electron chi connectivity index (χ2n) is 4.85. The number of benzene rings is 2. The van der Waals surface area contributed by atoms with Crippen molar-refractivity contribution in [2.45, 2.75) is 6.61 Å². The fourth-order valence-electron chi connectivity index (χ4n) is 1.79. The molecule has 0 fully saturated rings. The summed E-state index contributed by atoms with van der Waals surface area (Å²) in [6, 6.07) is 16.0. The van der Waals surface area contributed by atoms with E-state index in [2.05, 4.69) is 10.6 Å². The molecule has 0 atom stereocenters. The van der Waals surface area contributed by atoms with E-state index in [1.807, 2.05) is 44.4 Å². The Bertz CT molecular complexity index is 644. The van der Waals surface area contributed by atoms with Gasteiger partial charge in [0.15, 0.2) is 0 Å². The summed E-state index contributed by atoms with van der Waals surface area (Å²) in [5.74, 6) is -1.49. The van der Waals surface area contributed by atoms with Crippen molar-refractivity contribution >= 4 is 17.6 Å². The topological polar surface area (TPSA) is 87.7 Å². The monoisotopic (exact) mass is 330 g/mol. The quantitative estimate of drug-likeness (QED) is 0.705. The Balaban J connectivity index is 0.000000891. The van der Waals surface area contributed by atoms with Crippen LogP contribution < -0.4 is 10.6 Å². The molecule has 2 aromatic rings. The van der Waals surface area contributed by atoms with Gasteiger partial charge in [-0.25, -0.2) is 4.79 Å². The highest BCUT2D eigenvalue weighted by Crippen LogP contribution is 2.16. The standard InChI is InChI=1S/C16H15NO4.C2H7N/c18-15(19)10-17-14-9-5-4-8-13(14)16(20)21-11-12-6-2-1-3-7-12;1-3-2/h1-9,17H,10-11H2,(H,18,19);3H,1-2H3. The van der Waals surface area contributed by atoms with Crippen LogP contribution in [0, 0.1) is 0 Å². The number of carboxylic acids is 1. The van der Waals surface area contributed by atoms with Crippen molar-refractivity contribution in [2.24, 2.45) is 0 Å². The van der Waals surface area contributed by atoms with Gasteiger partial charge in [-0.1, -0.05) is 42.5 Å². The third-order valence-corrected chi connectivity index (χ3v) is 2.79. The maximum atomic E-state index is 12.1. The van der Waals surface area contributed by atoms with Crippen molar-refractivity contribution < 1.29 is 19.4 Å². The second kappa shape index (κ2) is 10.8. The number of ether oxygens (including phenoxy) is 1. The van der Waals surface area contributed by atoms with E-state index in [0.29, 0.717) is 11.3 Å². The van der Waals surface area contributed by atoms with Gasteiger partial charge < -0.3 is 20.5 Å². The Hall–Kier alpha value is -2.86. The molecule has 0 saturated carbocycles. The number of esters is 1. The summed E-state index contributed by atoms with van der Waals surface area (Å²) < 4.78 is 5.24. The van der Waals surface area contributed by atoms with Crippen molar-refractivity contribution in [3.05, 3.63) is 65.7 Å². The molecule has 2 rings (SSSR count). The van der Waals surface area contributed by atoms with Gasteiger partial charge in [0.25, 0.3) is 0 Å². The Labute approximate surface area is 141 Å². The second-order valence-corrected chi connectivity index (χ2v) is 4.85. The highest BCUT2D eigenvalue weighted by Gasteiger charge is 2.13. The number of hydrogen-bond acceptors (Lipinski definition) is 5. The summed E-state index contributed by atoms with van der Waals surface area (Å²) in [6.07, 6.45) is 0. The lowest BCUT2D eigenvalue weighted by molar-refractivity contribution is -0.134. The highest BCUT2D eigenvalue weighted by atomic mass is 16.5. The molecular weight excluding hydrogens is 308 g/mol. The molecule has 0 heterocycles. The summed E-state index contributed by atoms with van der Waals surface area (Å²) in [5.41, 5.74) is 1.65. The van der Waals surface area contributed by atoms with E-state index in [-0.39, 0.29) is 13.2 Å². The molecule has 6 heteroatoms. The van der Waals surface area contributed by atoms with E-state index in [9.17, 15) is 9.59 Å². The molecule has 0 bridgehead atoms. The molecule has 0 unspecified atom stereocenters. The number of carboxylic acid groups (broad SMARTS) is 1. The lowest BCUT2D eigenvalue weighted by Gasteiger charge is -2.10. The molecular formula is C18H22N2O4. The smallest absolute Gasteiger partial charge is 0.340 e. The molecule has 6 nitrogen and oxygen atoms in total. The Morgan fingerprint density at radius 3 is 2.21 bits per heavy atom. The highest BCUT2D eigenvalue weighted by molar-refractivity contribution is 5.96. The van der Waals surface area contributed by atoms with Crippen LogP contribution in [0.4, 0.5) is 5.69 Å². The van der Waals surface area contributed by atoms with Gasteiger partial charge in [0.1, 0.15) is 13.2 Å². The van der Waals surface area contributed by atoms with Crippen molar-refractivity contribution in [3.63, 3.8) is 0 Å². The number of rotatable bonds is 6. The Morgan fingerprint density at radius 1 is 1.00 bits per heavy atom. The lowest BCUT2D eigenvalue weighted by atomic mass is 10.1. The van der Waals surface area contributed by atoms with E-state index in [1.54, 1.807) is 24.3 Å². The first kappa shape index (κ1) is 19.2. The molecule has 0 saturated heterocycles. The summed E-state index contributed by atoms with van der Waals surface area (Å²) in [7, 11) is 3.75. The molecule has 0 aliphatic heterocycles. The van der Waals surface area contributed by atoms with Crippen LogP contribution in [0.25, 0.3) is 0 Å². The molecule has 2 aromatic carbocycles. The van der Waals surface area contributed by atoms with Crippen molar-refractivity contribution in [1.29, 1.82) is 0 Å². The lowest BCUT2D eigenvalue weighted by Crippen LogP contribution is -2.15. The van der Waals surface area contributed by atoms with Crippen LogP contribution in [-0.2, 0) is 16.1 Å². The van der Waals surface area contributed by atoms with Gasteiger partial charge in [-0.2, -0.15) is 0 Å². The summed E-state index contributed by atoms with van der Waals surface area (Å²) in [5, 5.41) is 14.1. The number of para-hydroxylation sites is 1. The molecule has 0 aliphatic rings. The van der Waals surface area contributed by atoms with Crippen molar-refractivity contribution in [3.8, 4) is 0 Å².